The molecule has 8 nitrogen and oxygen atoms in total. The van der Waals surface area contributed by atoms with Gasteiger partial charge in [-0.05, 0) is 62.1 Å². The number of likely N-dealkylation sites (tertiary alicyclic amines) is 1. The largest absolute Gasteiger partial charge is 0.446 e. The van der Waals surface area contributed by atoms with Crippen molar-refractivity contribution in [1.82, 2.24) is 14.2 Å². The summed E-state index contributed by atoms with van der Waals surface area (Å²) >= 11 is 0. The maximum atomic E-state index is 13.0. The molecule has 0 bridgehead atoms. The summed E-state index contributed by atoms with van der Waals surface area (Å²) in [6, 6.07) is 3.98. The standard InChI is InChI=1S/C22H29N3O5S/c26-22(30-19-4-2-1-3-5-19)24-14-20(15-24)31(27,28)25-9-6-16(7-10-25)18-12-17-8-11-29-21(17)23-13-18/h8,11-13,16,19-20H,1-7,9-10,14-15H2. The molecular formula is C22H29N3O5S. The third-order valence-electron chi connectivity index (χ3n) is 6.96. The molecule has 1 amide bonds. The Labute approximate surface area is 182 Å². The van der Waals surface area contributed by atoms with Crippen molar-refractivity contribution in [3.63, 3.8) is 0 Å². The number of aromatic nitrogens is 1. The molecule has 0 radical (unpaired) electrons. The summed E-state index contributed by atoms with van der Waals surface area (Å²) in [5.41, 5.74) is 1.76. The summed E-state index contributed by atoms with van der Waals surface area (Å²) in [6.07, 6.45) is 9.85. The first kappa shape index (κ1) is 20.8. The average Bonchev–Trinajstić information content (AvgIpc) is 3.21. The molecule has 31 heavy (non-hydrogen) atoms. The van der Waals surface area contributed by atoms with Crippen molar-refractivity contribution in [2.45, 2.75) is 62.2 Å². The van der Waals surface area contributed by atoms with Crippen molar-refractivity contribution in [2.24, 2.45) is 0 Å². The molecule has 3 aliphatic rings. The first-order valence-corrected chi connectivity index (χ1v) is 12.8. The summed E-state index contributed by atoms with van der Waals surface area (Å²) in [4.78, 5) is 18.2. The number of sulfonamides is 1. The van der Waals surface area contributed by atoms with Crippen molar-refractivity contribution in [2.75, 3.05) is 26.2 Å². The Bertz CT molecular complexity index is 1030. The van der Waals surface area contributed by atoms with Gasteiger partial charge >= 0.3 is 6.09 Å². The van der Waals surface area contributed by atoms with E-state index in [9.17, 15) is 13.2 Å². The number of piperidine rings is 1. The van der Waals surface area contributed by atoms with E-state index in [1.165, 1.54) is 11.3 Å². The van der Waals surface area contributed by atoms with Gasteiger partial charge in [0.15, 0.2) is 0 Å². The lowest BCUT2D eigenvalue weighted by Crippen LogP contribution is -2.60. The van der Waals surface area contributed by atoms with Gasteiger partial charge < -0.3 is 14.1 Å². The highest BCUT2D eigenvalue weighted by molar-refractivity contribution is 7.89. The third kappa shape index (κ3) is 4.17. The highest BCUT2D eigenvalue weighted by atomic mass is 32.2. The van der Waals surface area contributed by atoms with Crippen LogP contribution >= 0.6 is 0 Å². The quantitative estimate of drug-likeness (QED) is 0.712. The molecule has 0 N–H and O–H groups in total. The van der Waals surface area contributed by atoms with Gasteiger partial charge in [-0.3, -0.25) is 0 Å². The summed E-state index contributed by atoms with van der Waals surface area (Å²) in [6.45, 7) is 1.46. The summed E-state index contributed by atoms with van der Waals surface area (Å²) < 4.78 is 38.5. The molecule has 1 saturated carbocycles. The number of hydrogen-bond acceptors (Lipinski definition) is 6. The number of fused-ring (bicyclic) bond motifs is 1. The minimum absolute atomic E-state index is 0.00769. The van der Waals surface area contributed by atoms with E-state index in [0.717, 1.165) is 49.5 Å². The Morgan fingerprint density at radius 3 is 2.58 bits per heavy atom. The number of carbonyl (C=O) groups excluding carboxylic acids is 1. The maximum absolute atomic E-state index is 13.0. The van der Waals surface area contributed by atoms with Gasteiger partial charge in [0.1, 0.15) is 11.4 Å². The molecule has 4 heterocycles. The molecule has 2 aromatic heterocycles. The lowest BCUT2D eigenvalue weighted by Gasteiger charge is -2.42. The van der Waals surface area contributed by atoms with Crippen LogP contribution in [0, 0.1) is 0 Å². The van der Waals surface area contributed by atoms with Crippen LogP contribution in [-0.4, -0.2) is 66.2 Å². The number of pyridine rings is 1. The molecule has 9 heteroatoms. The van der Waals surface area contributed by atoms with E-state index in [2.05, 4.69) is 11.1 Å². The summed E-state index contributed by atoms with van der Waals surface area (Å²) in [7, 11) is -3.40. The second-order valence-electron chi connectivity index (χ2n) is 8.97. The fraction of sp³-hybridized carbons (Fsp3) is 0.636. The van der Waals surface area contributed by atoms with Crippen LogP contribution in [0.5, 0.6) is 0 Å². The highest BCUT2D eigenvalue weighted by Gasteiger charge is 2.44. The summed E-state index contributed by atoms with van der Waals surface area (Å²) in [5.74, 6) is 0.293. The van der Waals surface area contributed by atoms with E-state index >= 15 is 0 Å². The number of rotatable bonds is 4. The second-order valence-corrected chi connectivity index (χ2v) is 11.2. The van der Waals surface area contributed by atoms with Crippen molar-refractivity contribution >= 4 is 27.2 Å². The fourth-order valence-corrected chi connectivity index (χ4v) is 6.81. The first-order chi connectivity index (χ1) is 15.0. The van der Waals surface area contributed by atoms with Crippen LogP contribution in [-0.2, 0) is 14.8 Å². The monoisotopic (exact) mass is 447 g/mol. The molecular weight excluding hydrogens is 418 g/mol. The van der Waals surface area contributed by atoms with Gasteiger partial charge in [0.25, 0.3) is 0 Å². The van der Waals surface area contributed by atoms with E-state index in [-0.39, 0.29) is 25.3 Å². The van der Waals surface area contributed by atoms with Gasteiger partial charge in [-0.15, -0.1) is 0 Å². The second kappa shape index (κ2) is 8.43. The van der Waals surface area contributed by atoms with Crippen molar-refractivity contribution in [3.05, 3.63) is 30.2 Å². The van der Waals surface area contributed by atoms with E-state index in [1.54, 1.807) is 10.6 Å². The van der Waals surface area contributed by atoms with E-state index in [0.29, 0.717) is 24.7 Å². The molecule has 2 aromatic rings. The number of amides is 1. The van der Waals surface area contributed by atoms with Gasteiger partial charge in [0, 0.05) is 37.8 Å². The molecule has 2 saturated heterocycles. The zero-order valence-corrected chi connectivity index (χ0v) is 18.4. The molecule has 0 spiro atoms. The van der Waals surface area contributed by atoms with Crippen LogP contribution < -0.4 is 0 Å². The zero-order chi connectivity index (χ0) is 21.4. The first-order valence-electron chi connectivity index (χ1n) is 11.3. The average molecular weight is 448 g/mol. The molecule has 0 atom stereocenters. The Balaban J connectivity index is 1.13. The lowest BCUT2D eigenvalue weighted by atomic mass is 9.91. The fourth-order valence-electron chi connectivity index (χ4n) is 4.93. The normalized spacial score (nSPS) is 22.5. The number of carbonyl (C=O) groups is 1. The number of ether oxygens (including phenoxy) is 1. The molecule has 2 aliphatic heterocycles. The number of furan rings is 1. The van der Waals surface area contributed by atoms with Gasteiger partial charge in [0.2, 0.25) is 15.7 Å². The van der Waals surface area contributed by atoms with Crippen molar-refractivity contribution in [3.8, 4) is 0 Å². The van der Waals surface area contributed by atoms with Crippen molar-refractivity contribution in [1.29, 1.82) is 0 Å². The van der Waals surface area contributed by atoms with E-state index in [4.69, 9.17) is 9.15 Å². The minimum Gasteiger partial charge on any atom is -0.446 e. The Kier molecular flexibility index (Phi) is 5.64. The molecule has 0 aromatic carbocycles. The van der Waals surface area contributed by atoms with Crippen LogP contribution in [0.1, 0.15) is 56.4 Å². The van der Waals surface area contributed by atoms with Crippen LogP contribution in [0.3, 0.4) is 0 Å². The van der Waals surface area contributed by atoms with Gasteiger partial charge in [-0.2, -0.15) is 0 Å². The van der Waals surface area contributed by atoms with Gasteiger partial charge in [-0.1, -0.05) is 6.42 Å². The predicted octanol–water partition coefficient (Wildman–Crippen LogP) is 3.49. The van der Waals surface area contributed by atoms with Gasteiger partial charge in [0.05, 0.1) is 6.26 Å². The van der Waals surface area contributed by atoms with Gasteiger partial charge in [-0.25, -0.2) is 22.5 Å². The third-order valence-corrected chi connectivity index (χ3v) is 9.19. The molecule has 168 valence electrons. The topological polar surface area (TPSA) is 93.0 Å². The van der Waals surface area contributed by atoms with E-state index < -0.39 is 15.3 Å². The number of nitrogens with zero attached hydrogens (tertiary/aromatic N) is 3. The number of hydrogen-bond donors (Lipinski definition) is 0. The van der Waals surface area contributed by atoms with Crippen LogP contribution in [0.4, 0.5) is 4.79 Å². The van der Waals surface area contributed by atoms with Crippen molar-refractivity contribution < 1.29 is 22.4 Å². The molecule has 5 rings (SSSR count). The smallest absolute Gasteiger partial charge is 0.410 e. The van der Waals surface area contributed by atoms with Crippen LogP contribution in [0.25, 0.3) is 11.1 Å². The zero-order valence-electron chi connectivity index (χ0n) is 17.6. The Morgan fingerprint density at radius 2 is 1.84 bits per heavy atom. The highest BCUT2D eigenvalue weighted by Crippen LogP contribution is 2.32. The lowest BCUT2D eigenvalue weighted by molar-refractivity contribution is 0.0328. The Morgan fingerprint density at radius 1 is 1.10 bits per heavy atom. The summed E-state index contributed by atoms with van der Waals surface area (Å²) in [5, 5.41) is 0.453. The molecule has 0 unspecified atom stereocenters. The minimum atomic E-state index is -3.40. The molecule has 1 aliphatic carbocycles. The maximum Gasteiger partial charge on any atom is 0.410 e. The predicted molar refractivity (Wildman–Crippen MR) is 115 cm³/mol. The van der Waals surface area contributed by atoms with E-state index in [1.807, 2.05) is 12.3 Å². The SMILES string of the molecule is O=C(OC1CCCCC1)N1CC(S(=O)(=O)N2CCC(c3cnc4occc4c3)CC2)C1. The Hall–Kier alpha value is -2.13. The van der Waals surface area contributed by atoms with Crippen LogP contribution in [0.2, 0.25) is 0 Å². The van der Waals surface area contributed by atoms with Crippen LogP contribution in [0.15, 0.2) is 29.0 Å². The molecule has 3 fully saturated rings.